The molecule has 152 valence electrons. The van der Waals surface area contributed by atoms with Crippen LogP contribution in [0.1, 0.15) is 41.2 Å². The summed E-state index contributed by atoms with van der Waals surface area (Å²) < 4.78 is 0. The summed E-state index contributed by atoms with van der Waals surface area (Å²) in [4.78, 5) is 32.4. The van der Waals surface area contributed by atoms with Crippen LogP contribution in [0.2, 0.25) is 0 Å². The van der Waals surface area contributed by atoms with Crippen molar-refractivity contribution in [2.45, 2.75) is 25.3 Å². The van der Waals surface area contributed by atoms with Crippen molar-refractivity contribution in [3.05, 3.63) is 71.8 Å². The highest BCUT2D eigenvalue weighted by molar-refractivity contribution is 5.94. The van der Waals surface area contributed by atoms with Crippen LogP contribution in [0.15, 0.2) is 60.7 Å². The predicted octanol–water partition coefficient (Wildman–Crippen LogP) is 3.20. The SMILES string of the molecule is O=C(c1ccccc1)N1CCN(C(C(=O)N2CCCCC2)c2ccccc2)CC1. The maximum Gasteiger partial charge on any atom is 0.253 e. The molecule has 2 aliphatic rings. The van der Waals surface area contributed by atoms with E-state index in [-0.39, 0.29) is 17.9 Å². The minimum Gasteiger partial charge on any atom is -0.341 e. The van der Waals surface area contributed by atoms with Gasteiger partial charge in [0.1, 0.15) is 6.04 Å². The van der Waals surface area contributed by atoms with Gasteiger partial charge in [0.25, 0.3) is 5.91 Å². The Morgan fingerprint density at radius 1 is 0.655 bits per heavy atom. The average molecular weight is 392 g/mol. The lowest BCUT2D eigenvalue weighted by Crippen LogP contribution is -2.53. The van der Waals surface area contributed by atoms with E-state index in [0.29, 0.717) is 26.2 Å². The number of carbonyl (C=O) groups excluding carboxylic acids is 2. The molecule has 0 bridgehead atoms. The van der Waals surface area contributed by atoms with Crippen molar-refractivity contribution in [3.8, 4) is 0 Å². The Morgan fingerprint density at radius 3 is 1.86 bits per heavy atom. The molecule has 2 aromatic carbocycles. The van der Waals surface area contributed by atoms with Crippen LogP contribution in [-0.2, 0) is 4.79 Å². The number of likely N-dealkylation sites (tertiary alicyclic amines) is 1. The van der Waals surface area contributed by atoms with Gasteiger partial charge in [-0.1, -0.05) is 48.5 Å². The highest BCUT2D eigenvalue weighted by Gasteiger charge is 2.34. The molecular formula is C24H29N3O2. The van der Waals surface area contributed by atoms with Crippen LogP contribution in [0.4, 0.5) is 0 Å². The van der Waals surface area contributed by atoms with E-state index in [0.717, 1.165) is 37.1 Å². The zero-order valence-electron chi connectivity index (χ0n) is 16.9. The van der Waals surface area contributed by atoms with Gasteiger partial charge < -0.3 is 9.80 Å². The largest absolute Gasteiger partial charge is 0.341 e. The molecule has 4 rings (SSSR count). The van der Waals surface area contributed by atoms with Crippen molar-refractivity contribution in [2.24, 2.45) is 0 Å². The molecule has 0 N–H and O–H groups in total. The van der Waals surface area contributed by atoms with Crippen LogP contribution in [0.5, 0.6) is 0 Å². The van der Waals surface area contributed by atoms with E-state index in [9.17, 15) is 9.59 Å². The summed E-state index contributed by atoms with van der Waals surface area (Å²) in [5, 5.41) is 0. The Hall–Kier alpha value is -2.66. The van der Waals surface area contributed by atoms with Crippen molar-refractivity contribution < 1.29 is 9.59 Å². The third kappa shape index (κ3) is 4.51. The number of benzene rings is 2. The fraction of sp³-hybridized carbons (Fsp3) is 0.417. The Kier molecular flexibility index (Phi) is 6.25. The monoisotopic (exact) mass is 391 g/mol. The second kappa shape index (κ2) is 9.23. The molecule has 0 aliphatic carbocycles. The highest BCUT2D eigenvalue weighted by Crippen LogP contribution is 2.26. The highest BCUT2D eigenvalue weighted by atomic mass is 16.2. The van der Waals surface area contributed by atoms with E-state index in [4.69, 9.17) is 0 Å². The number of rotatable bonds is 4. The van der Waals surface area contributed by atoms with Gasteiger partial charge in [-0.2, -0.15) is 0 Å². The number of hydrogen-bond acceptors (Lipinski definition) is 3. The van der Waals surface area contributed by atoms with Gasteiger partial charge in [-0.25, -0.2) is 0 Å². The van der Waals surface area contributed by atoms with Gasteiger partial charge in [0.2, 0.25) is 5.91 Å². The summed E-state index contributed by atoms with van der Waals surface area (Å²) in [5.41, 5.74) is 1.77. The fourth-order valence-electron chi connectivity index (χ4n) is 4.38. The molecule has 2 fully saturated rings. The third-order valence-electron chi connectivity index (χ3n) is 6.00. The first-order valence-corrected chi connectivity index (χ1v) is 10.7. The maximum absolute atomic E-state index is 13.4. The molecule has 2 saturated heterocycles. The second-order valence-corrected chi connectivity index (χ2v) is 7.89. The third-order valence-corrected chi connectivity index (χ3v) is 6.00. The number of piperazine rings is 1. The molecule has 29 heavy (non-hydrogen) atoms. The number of hydrogen-bond donors (Lipinski definition) is 0. The van der Waals surface area contributed by atoms with E-state index in [1.54, 1.807) is 0 Å². The first-order valence-electron chi connectivity index (χ1n) is 10.7. The number of carbonyl (C=O) groups is 2. The van der Waals surface area contributed by atoms with Gasteiger partial charge in [-0.05, 0) is 37.0 Å². The minimum absolute atomic E-state index is 0.0730. The molecule has 2 aromatic rings. The van der Waals surface area contributed by atoms with E-state index >= 15 is 0 Å². The first kappa shape index (κ1) is 19.6. The van der Waals surface area contributed by atoms with E-state index < -0.39 is 0 Å². The van der Waals surface area contributed by atoms with Crippen LogP contribution < -0.4 is 0 Å². The Balaban J connectivity index is 1.48. The molecule has 0 spiro atoms. The lowest BCUT2D eigenvalue weighted by molar-refractivity contribution is -0.138. The zero-order valence-corrected chi connectivity index (χ0v) is 16.9. The zero-order chi connectivity index (χ0) is 20.1. The van der Waals surface area contributed by atoms with E-state index in [1.807, 2.05) is 70.5 Å². The molecular weight excluding hydrogens is 362 g/mol. The Labute approximate surface area is 172 Å². The fourth-order valence-corrected chi connectivity index (χ4v) is 4.38. The van der Waals surface area contributed by atoms with Gasteiger partial charge in [-0.3, -0.25) is 14.5 Å². The van der Waals surface area contributed by atoms with Gasteiger partial charge >= 0.3 is 0 Å². The summed E-state index contributed by atoms with van der Waals surface area (Å²) in [5.74, 6) is 0.280. The van der Waals surface area contributed by atoms with Crippen molar-refractivity contribution in [2.75, 3.05) is 39.3 Å². The number of nitrogens with zero attached hydrogens (tertiary/aromatic N) is 3. The summed E-state index contributed by atoms with van der Waals surface area (Å²) >= 11 is 0. The van der Waals surface area contributed by atoms with Crippen LogP contribution in [0.3, 0.4) is 0 Å². The van der Waals surface area contributed by atoms with E-state index in [1.165, 1.54) is 6.42 Å². The molecule has 2 heterocycles. The lowest BCUT2D eigenvalue weighted by atomic mass is 10.0. The van der Waals surface area contributed by atoms with E-state index in [2.05, 4.69) is 4.90 Å². The van der Waals surface area contributed by atoms with Crippen LogP contribution in [0.25, 0.3) is 0 Å². The van der Waals surface area contributed by atoms with Crippen molar-refractivity contribution in [1.29, 1.82) is 0 Å². The Morgan fingerprint density at radius 2 is 1.24 bits per heavy atom. The van der Waals surface area contributed by atoms with Crippen LogP contribution >= 0.6 is 0 Å². The standard InChI is InChI=1S/C24H29N3O2/c28-23(21-12-6-2-7-13-21)27-18-16-25(17-19-27)22(20-10-4-1-5-11-20)24(29)26-14-8-3-9-15-26/h1-2,4-7,10-13,22H,3,8-9,14-19H2. The lowest BCUT2D eigenvalue weighted by Gasteiger charge is -2.41. The predicted molar refractivity (Wildman–Crippen MR) is 114 cm³/mol. The molecule has 1 unspecified atom stereocenters. The van der Waals surface area contributed by atoms with Crippen LogP contribution in [-0.4, -0.2) is 65.8 Å². The van der Waals surface area contributed by atoms with Crippen LogP contribution in [0, 0.1) is 0 Å². The molecule has 0 saturated carbocycles. The summed E-state index contributed by atoms with van der Waals surface area (Å²) in [7, 11) is 0. The van der Waals surface area contributed by atoms with Gasteiger partial charge in [0, 0.05) is 44.8 Å². The van der Waals surface area contributed by atoms with Gasteiger partial charge in [0.05, 0.1) is 0 Å². The molecule has 2 amide bonds. The minimum atomic E-state index is -0.261. The topological polar surface area (TPSA) is 43.9 Å². The number of amides is 2. The molecule has 0 radical (unpaired) electrons. The average Bonchev–Trinajstić information content (AvgIpc) is 2.81. The normalized spacial score (nSPS) is 19.0. The molecule has 0 aromatic heterocycles. The van der Waals surface area contributed by atoms with Crippen molar-refractivity contribution in [3.63, 3.8) is 0 Å². The summed E-state index contributed by atoms with van der Waals surface area (Å²) in [6, 6.07) is 19.3. The Bertz CT molecular complexity index is 811. The summed E-state index contributed by atoms with van der Waals surface area (Å²) in [6.45, 7) is 4.41. The summed E-state index contributed by atoms with van der Waals surface area (Å²) in [6.07, 6.45) is 3.39. The van der Waals surface area contributed by atoms with Gasteiger partial charge in [0.15, 0.2) is 0 Å². The second-order valence-electron chi connectivity index (χ2n) is 7.89. The number of piperidine rings is 1. The maximum atomic E-state index is 13.4. The first-order chi connectivity index (χ1) is 14.2. The van der Waals surface area contributed by atoms with Crippen molar-refractivity contribution in [1.82, 2.24) is 14.7 Å². The molecule has 2 aliphatic heterocycles. The smallest absolute Gasteiger partial charge is 0.253 e. The molecule has 1 atom stereocenters. The van der Waals surface area contributed by atoms with Gasteiger partial charge in [-0.15, -0.1) is 0 Å². The van der Waals surface area contributed by atoms with Crippen molar-refractivity contribution >= 4 is 11.8 Å². The quantitative estimate of drug-likeness (QED) is 0.804. The molecule has 5 heteroatoms. The molecule has 5 nitrogen and oxygen atoms in total.